The van der Waals surface area contributed by atoms with Crippen LogP contribution in [0.15, 0.2) is 128 Å². The lowest BCUT2D eigenvalue weighted by molar-refractivity contribution is -0.683. The Bertz CT molecular complexity index is 2540. The Balaban J connectivity index is 0.000000483. The predicted octanol–water partition coefficient (Wildman–Crippen LogP) is 14.0. The molecule has 0 fully saturated rings. The van der Waals surface area contributed by atoms with Crippen LogP contribution in [-0.4, -0.2) is 11.9 Å². The Kier molecular flexibility index (Phi) is 16.4. The van der Waals surface area contributed by atoms with E-state index in [1.54, 1.807) is 0 Å². The van der Waals surface area contributed by atoms with Gasteiger partial charge in [0.25, 0.3) is 0 Å². The minimum Gasteiger partial charge on any atom is -0.287 e. The molecule has 2 nitrogen and oxygen atoms in total. The highest BCUT2D eigenvalue weighted by atomic mass is 19.4. The van der Waals surface area contributed by atoms with Gasteiger partial charge in [-0.15, -0.1) is 0 Å². The molecular weight excluding hydrogens is 1070 g/mol. The number of aromatic nitrogens is 1. The van der Waals surface area contributed by atoms with Crippen molar-refractivity contribution < 1.29 is 115 Å². The minimum atomic E-state index is -6.13. The third-order valence-corrected chi connectivity index (χ3v) is 11.4. The molecule has 5 aromatic carbocycles. The van der Waals surface area contributed by atoms with Gasteiger partial charge in [-0.1, -0.05) is 92.2 Å². The van der Waals surface area contributed by atoms with E-state index in [1.165, 1.54) is 5.56 Å². The topological polar surface area (TPSA) is 20.9 Å². The summed E-state index contributed by atoms with van der Waals surface area (Å²) in [5, 5.41) is 0. The first-order chi connectivity index (χ1) is 34.1. The van der Waals surface area contributed by atoms with Crippen LogP contribution < -0.4 is 26.4 Å². The number of nitrogens with zero attached hydrogens (tertiary/aromatic N) is 1. The zero-order chi connectivity index (χ0) is 56.7. The molecule has 0 atom stereocenters. The molecule has 27 heteroatoms. The van der Waals surface area contributed by atoms with Crippen LogP contribution in [0.2, 0.25) is 0 Å². The maximum atomic E-state index is 14.2. The van der Waals surface area contributed by atoms with Crippen LogP contribution in [0.5, 0.6) is 0 Å². The van der Waals surface area contributed by atoms with Gasteiger partial charge in [-0.05, 0) is 36.2 Å². The van der Waals surface area contributed by atoms with Crippen molar-refractivity contribution in [1.82, 2.24) is 0 Å². The van der Waals surface area contributed by atoms with E-state index in [-0.39, 0.29) is 5.78 Å². The van der Waals surface area contributed by atoms with Crippen molar-refractivity contribution in [3.8, 4) is 0 Å². The molecule has 0 saturated heterocycles. The average molecular weight is 1100 g/mol. The van der Waals surface area contributed by atoms with Crippen LogP contribution in [0.4, 0.5) is 105 Å². The van der Waals surface area contributed by atoms with Crippen LogP contribution in [0.1, 0.15) is 73.8 Å². The SMILES string of the molecule is CCCc1ccc(C(=O)C[n+]2ccccc2)cc1.FC(F)(F)c1cc([B-](c2cc(C(F)(F)F)cc(C(F)(F)F)c2)(c2cc(C(F)(F)F)cc(C(F)(F)F)c2)c2cc(C(F)(F)F)cc(C(F)(F)F)c2)cc(C(F)(F)F)c1. The Morgan fingerprint density at radius 3 is 0.827 bits per heavy atom. The van der Waals surface area contributed by atoms with Crippen molar-refractivity contribution in [2.75, 3.05) is 0 Å². The van der Waals surface area contributed by atoms with Gasteiger partial charge in [0.2, 0.25) is 12.3 Å². The summed E-state index contributed by atoms with van der Waals surface area (Å²) in [7, 11) is 0. The molecule has 1 heterocycles. The van der Waals surface area contributed by atoms with E-state index >= 15 is 0 Å². The van der Waals surface area contributed by atoms with Crippen LogP contribution in [-0.2, 0) is 62.4 Å². The largest absolute Gasteiger partial charge is 0.416 e. The highest BCUT2D eigenvalue weighted by Gasteiger charge is 2.47. The molecule has 0 aliphatic carbocycles. The third-order valence-electron chi connectivity index (χ3n) is 11.4. The van der Waals surface area contributed by atoms with Crippen LogP contribution >= 0.6 is 0 Å². The molecule has 404 valence electrons. The lowest BCUT2D eigenvalue weighted by Gasteiger charge is -2.46. The van der Waals surface area contributed by atoms with Gasteiger partial charge in [-0.25, -0.2) is 0 Å². The fourth-order valence-corrected chi connectivity index (χ4v) is 8.01. The Morgan fingerprint density at radius 2 is 0.613 bits per heavy atom. The van der Waals surface area contributed by atoms with Gasteiger partial charge in [0.1, 0.15) is 6.15 Å². The van der Waals surface area contributed by atoms with E-state index in [4.69, 9.17) is 0 Å². The lowest BCUT2D eigenvalue weighted by Crippen LogP contribution is -2.75. The van der Waals surface area contributed by atoms with E-state index in [1.807, 2.05) is 59.4 Å². The van der Waals surface area contributed by atoms with Gasteiger partial charge in [0, 0.05) is 17.7 Å². The van der Waals surface area contributed by atoms with E-state index in [0.717, 1.165) is 18.4 Å². The Hall–Kier alpha value is -6.70. The van der Waals surface area contributed by atoms with Crippen molar-refractivity contribution in [3.05, 3.63) is 183 Å². The Morgan fingerprint density at radius 1 is 0.373 bits per heavy atom. The number of alkyl halides is 24. The molecule has 0 N–H and O–H groups in total. The highest BCUT2D eigenvalue weighted by molar-refractivity contribution is 7.20. The standard InChI is InChI=1S/C32H12BF24.C16H18NO/c34-25(35,36)13-1-14(26(37,38)39)6-21(5-13)33(22-7-15(27(40,41)42)2-16(8-22)28(43,44)45,23-9-17(29(46,47)48)3-18(10-23)30(49,50)51)24-11-19(31(52,53)54)4-20(12-24)32(55,56)57;1-2-6-14-7-9-15(10-8-14)16(18)13-17-11-4-3-5-12-17/h1-12H;3-5,7-12H,2,6,13H2,1H3/q-1;+1. The molecule has 6 rings (SSSR count). The monoisotopic (exact) mass is 1100 g/mol. The average Bonchev–Trinajstić information content (AvgIpc) is 3.27. The summed E-state index contributed by atoms with van der Waals surface area (Å²) in [5.74, 6) is 0.147. The van der Waals surface area contributed by atoms with Gasteiger partial charge >= 0.3 is 49.4 Å². The zero-order valence-corrected chi connectivity index (χ0v) is 37.2. The van der Waals surface area contributed by atoms with Crippen molar-refractivity contribution in [1.29, 1.82) is 0 Å². The first-order valence-corrected chi connectivity index (χ1v) is 21.0. The Labute approximate surface area is 407 Å². The zero-order valence-electron chi connectivity index (χ0n) is 37.2. The fraction of sp³-hybridized carbons (Fsp3) is 0.250. The number of benzene rings is 5. The summed E-state index contributed by atoms with van der Waals surface area (Å²) in [4.78, 5) is 12.1. The van der Waals surface area contributed by atoms with Gasteiger partial charge in [-0.2, -0.15) is 132 Å². The number of hydrogen-bond acceptors (Lipinski definition) is 1. The normalized spacial score (nSPS) is 13.3. The number of halogens is 24. The number of hydrogen-bond donors (Lipinski definition) is 0. The number of rotatable bonds is 9. The smallest absolute Gasteiger partial charge is 0.287 e. The molecule has 0 radical (unpaired) electrons. The summed E-state index contributed by atoms with van der Waals surface area (Å²) in [6.45, 7) is 2.55. The summed E-state index contributed by atoms with van der Waals surface area (Å²) in [6, 6.07) is 4.94. The molecule has 0 saturated carbocycles. The second-order valence-electron chi connectivity index (χ2n) is 16.6. The molecule has 0 bridgehead atoms. The minimum absolute atomic E-state index is 0.147. The maximum Gasteiger partial charge on any atom is 0.416 e. The van der Waals surface area contributed by atoms with Crippen molar-refractivity contribution in [2.45, 2.75) is 75.7 Å². The van der Waals surface area contributed by atoms with Gasteiger partial charge in [0.15, 0.2) is 12.4 Å². The van der Waals surface area contributed by atoms with E-state index in [9.17, 15) is 110 Å². The molecule has 0 amide bonds. The van der Waals surface area contributed by atoms with Gasteiger partial charge in [0.05, 0.1) is 44.5 Å². The second-order valence-corrected chi connectivity index (χ2v) is 16.6. The fourth-order valence-electron chi connectivity index (χ4n) is 8.01. The number of ketones is 1. The maximum absolute atomic E-state index is 14.2. The lowest BCUT2D eigenvalue weighted by atomic mass is 9.12. The van der Waals surface area contributed by atoms with Crippen LogP contribution in [0, 0.1) is 0 Å². The van der Waals surface area contributed by atoms with Crippen molar-refractivity contribution in [3.63, 3.8) is 0 Å². The number of carbonyl (C=O) groups excluding carboxylic acids is 1. The molecule has 0 aliphatic rings. The first-order valence-electron chi connectivity index (χ1n) is 21.0. The highest BCUT2D eigenvalue weighted by Crippen LogP contribution is 2.41. The predicted molar refractivity (Wildman–Crippen MR) is 221 cm³/mol. The second kappa shape index (κ2) is 20.8. The molecule has 6 aromatic rings. The van der Waals surface area contributed by atoms with Gasteiger partial charge in [-0.3, -0.25) is 4.79 Å². The molecule has 1 aromatic heterocycles. The van der Waals surface area contributed by atoms with Crippen LogP contribution in [0.3, 0.4) is 0 Å². The van der Waals surface area contributed by atoms with E-state index in [0.29, 0.717) is 6.54 Å². The van der Waals surface area contributed by atoms with Crippen molar-refractivity contribution >= 4 is 33.8 Å². The quantitative estimate of drug-likeness (QED) is 0.0612. The molecule has 0 aliphatic heterocycles. The number of carbonyl (C=O) groups is 1. The van der Waals surface area contributed by atoms with Gasteiger partial charge < -0.3 is 0 Å². The number of Topliss-reactive ketones (excluding diaryl/α,β-unsaturated/α-hetero) is 1. The van der Waals surface area contributed by atoms with E-state index < -0.39 is 195 Å². The molecular formula is C48H30BF24NO. The molecule has 75 heavy (non-hydrogen) atoms. The van der Waals surface area contributed by atoms with E-state index in [2.05, 4.69) is 6.92 Å². The number of aryl methyl sites for hydroxylation is 1. The molecule has 0 spiro atoms. The summed E-state index contributed by atoms with van der Waals surface area (Å²) >= 11 is 0. The third kappa shape index (κ3) is 14.2. The summed E-state index contributed by atoms with van der Waals surface area (Å²) < 4.78 is 343. The molecule has 0 unspecified atom stereocenters. The first kappa shape index (κ1) is 59.2. The van der Waals surface area contributed by atoms with Crippen LogP contribution in [0.25, 0.3) is 0 Å². The summed E-state index contributed by atoms with van der Waals surface area (Å²) in [5.41, 5.74) is -28.1. The van der Waals surface area contributed by atoms with Crippen molar-refractivity contribution in [2.24, 2.45) is 0 Å². The summed E-state index contributed by atoms with van der Waals surface area (Å²) in [6.07, 6.45) is -48.8. The number of pyridine rings is 1.